The third-order valence-corrected chi connectivity index (χ3v) is 5.63. The molecule has 2 heterocycles. The van der Waals surface area contributed by atoms with Gasteiger partial charge in [0.2, 0.25) is 0 Å². The Morgan fingerprint density at radius 2 is 2.21 bits per heavy atom. The number of aromatic nitrogens is 1. The zero-order valence-electron chi connectivity index (χ0n) is 16.4. The molecule has 3 rings (SSSR count). The number of rotatable bonds is 8. The fourth-order valence-corrected chi connectivity index (χ4v) is 3.73. The summed E-state index contributed by atoms with van der Waals surface area (Å²) in [4.78, 5) is 18.9. The van der Waals surface area contributed by atoms with Crippen molar-refractivity contribution < 1.29 is 14.3 Å². The second kappa shape index (κ2) is 10.4. The topological polar surface area (TPSA) is 75.7 Å². The Morgan fingerprint density at radius 3 is 2.96 bits per heavy atom. The number of carbonyl (C=O) groups is 1. The van der Waals surface area contributed by atoms with Crippen molar-refractivity contribution >= 4 is 17.4 Å². The number of hydrogen-bond acceptors (Lipinski definition) is 6. The third kappa shape index (κ3) is 6.47. The van der Waals surface area contributed by atoms with Gasteiger partial charge >= 0.3 is 6.03 Å². The Balaban J connectivity index is 1.40. The molecule has 1 aliphatic heterocycles. The maximum Gasteiger partial charge on any atom is 0.315 e. The first-order valence-corrected chi connectivity index (χ1v) is 10.5. The molecule has 1 aromatic heterocycles. The van der Waals surface area contributed by atoms with Crippen LogP contribution < -0.4 is 15.4 Å². The minimum atomic E-state index is -0.209. The smallest absolute Gasteiger partial charge is 0.315 e. The standard InChI is InChI=1S/C20H28N4O3S/c1-15-14-28-19(22-15)16(2)23-20(25)21-13-17-4-3-5-18(12-17)27-11-8-24-6-9-26-10-7-24/h3-5,12,14,16H,6-11,13H2,1-2H3,(H2,21,23,25). The molecular formula is C20H28N4O3S. The summed E-state index contributed by atoms with van der Waals surface area (Å²) in [5, 5.41) is 8.69. The van der Waals surface area contributed by atoms with Crippen molar-refractivity contribution in [2.75, 3.05) is 39.5 Å². The van der Waals surface area contributed by atoms with Crippen molar-refractivity contribution in [2.24, 2.45) is 0 Å². The molecule has 28 heavy (non-hydrogen) atoms. The molecule has 2 N–H and O–H groups in total. The lowest BCUT2D eigenvalue weighted by molar-refractivity contribution is 0.0322. The highest BCUT2D eigenvalue weighted by atomic mass is 32.1. The van der Waals surface area contributed by atoms with Gasteiger partial charge in [-0.3, -0.25) is 4.90 Å². The highest BCUT2D eigenvalue weighted by Gasteiger charge is 2.13. The summed E-state index contributed by atoms with van der Waals surface area (Å²) in [6, 6.07) is 7.50. The van der Waals surface area contributed by atoms with Gasteiger partial charge in [-0.2, -0.15) is 0 Å². The fourth-order valence-electron chi connectivity index (χ4n) is 2.93. The number of carbonyl (C=O) groups excluding carboxylic acids is 1. The van der Waals surface area contributed by atoms with Gasteiger partial charge in [-0.05, 0) is 31.5 Å². The van der Waals surface area contributed by atoms with E-state index in [9.17, 15) is 4.79 Å². The predicted octanol–water partition coefficient (Wildman–Crippen LogP) is 2.72. The molecular weight excluding hydrogens is 376 g/mol. The predicted molar refractivity (Wildman–Crippen MR) is 110 cm³/mol. The molecule has 1 atom stereocenters. The van der Waals surface area contributed by atoms with E-state index in [1.54, 1.807) is 11.3 Å². The van der Waals surface area contributed by atoms with Crippen molar-refractivity contribution in [3.8, 4) is 5.75 Å². The van der Waals surface area contributed by atoms with Crippen LogP contribution >= 0.6 is 11.3 Å². The summed E-state index contributed by atoms with van der Waals surface area (Å²) in [5.41, 5.74) is 1.97. The van der Waals surface area contributed by atoms with Crippen LogP contribution in [0.5, 0.6) is 5.75 Å². The van der Waals surface area contributed by atoms with Gasteiger partial charge in [-0.15, -0.1) is 11.3 Å². The summed E-state index contributed by atoms with van der Waals surface area (Å²) < 4.78 is 11.2. The molecule has 2 amide bonds. The minimum absolute atomic E-state index is 0.117. The average Bonchev–Trinajstić information content (AvgIpc) is 3.14. The number of ether oxygens (including phenoxy) is 2. The van der Waals surface area contributed by atoms with Crippen LogP contribution in [0.25, 0.3) is 0 Å². The molecule has 0 aliphatic carbocycles. The van der Waals surface area contributed by atoms with Crippen molar-refractivity contribution in [1.82, 2.24) is 20.5 Å². The van der Waals surface area contributed by atoms with Gasteiger partial charge in [-0.25, -0.2) is 9.78 Å². The minimum Gasteiger partial charge on any atom is -0.492 e. The molecule has 1 aromatic carbocycles. The van der Waals surface area contributed by atoms with E-state index in [4.69, 9.17) is 9.47 Å². The molecule has 0 bridgehead atoms. The number of benzene rings is 1. The Bertz CT molecular complexity index is 761. The molecule has 1 aliphatic rings. The molecule has 0 radical (unpaired) electrons. The first-order chi connectivity index (χ1) is 13.6. The van der Waals surface area contributed by atoms with E-state index in [1.807, 2.05) is 43.5 Å². The molecule has 0 saturated carbocycles. The molecule has 152 valence electrons. The van der Waals surface area contributed by atoms with E-state index >= 15 is 0 Å². The monoisotopic (exact) mass is 404 g/mol. The summed E-state index contributed by atoms with van der Waals surface area (Å²) in [5.74, 6) is 0.819. The molecule has 1 unspecified atom stereocenters. The van der Waals surface area contributed by atoms with Gasteiger partial charge < -0.3 is 20.1 Å². The van der Waals surface area contributed by atoms with Crippen LogP contribution in [0.15, 0.2) is 29.6 Å². The summed E-state index contributed by atoms with van der Waals surface area (Å²) in [6.07, 6.45) is 0. The molecule has 7 nitrogen and oxygen atoms in total. The Hall–Kier alpha value is -2.16. The first-order valence-electron chi connectivity index (χ1n) is 9.58. The lowest BCUT2D eigenvalue weighted by Gasteiger charge is -2.26. The number of thiazole rings is 1. The van der Waals surface area contributed by atoms with E-state index < -0.39 is 0 Å². The number of amides is 2. The number of hydrogen-bond donors (Lipinski definition) is 2. The maximum absolute atomic E-state index is 12.1. The third-order valence-electron chi connectivity index (χ3n) is 4.49. The Labute approximate surface area is 170 Å². The maximum atomic E-state index is 12.1. The SMILES string of the molecule is Cc1csc(C(C)NC(=O)NCc2cccc(OCCN3CCOCC3)c2)n1. The van der Waals surface area contributed by atoms with Crippen LogP contribution in [0, 0.1) is 6.92 Å². The highest BCUT2D eigenvalue weighted by molar-refractivity contribution is 7.09. The van der Waals surface area contributed by atoms with Crippen molar-refractivity contribution in [3.05, 3.63) is 45.9 Å². The summed E-state index contributed by atoms with van der Waals surface area (Å²) in [7, 11) is 0. The normalized spacial score (nSPS) is 15.8. The number of nitrogens with zero attached hydrogens (tertiary/aromatic N) is 2. The lowest BCUT2D eigenvalue weighted by atomic mass is 10.2. The van der Waals surface area contributed by atoms with E-state index in [-0.39, 0.29) is 12.1 Å². The Kier molecular flexibility index (Phi) is 7.64. The highest BCUT2D eigenvalue weighted by Crippen LogP contribution is 2.17. The van der Waals surface area contributed by atoms with Crippen LogP contribution in [-0.2, 0) is 11.3 Å². The summed E-state index contributed by atoms with van der Waals surface area (Å²) in [6.45, 7) is 9.36. The van der Waals surface area contributed by atoms with E-state index in [2.05, 4.69) is 20.5 Å². The van der Waals surface area contributed by atoms with Crippen molar-refractivity contribution in [2.45, 2.75) is 26.4 Å². The number of morpholine rings is 1. The molecule has 1 saturated heterocycles. The zero-order valence-corrected chi connectivity index (χ0v) is 17.3. The van der Waals surface area contributed by atoms with Crippen LogP contribution in [-0.4, -0.2) is 55.4 Å². The fraction of sp³-hybridized carbons (Fsp3) is 0.500. The zero-order chi connectivity index (χ0) is 19.8. The van der Waals surface area contributed by atoms with Crippen LogP contribution in [0.2, 0.25) is 0 Å². The molecule has 0 spiro atoms. The van der Waals surface area contributed by atoms with Crippen LogP contribution in [0.3, 0.4) is 0 Å². The number of urea groups is 1. The lowest BCUT2D eigenvalue weighted by Crippen LogP contribution is -2.38. The quantitative estimate of drug-likeness (QED) is 0.708. The first kappa shape index (κ1) is 20.6. The number of aryl methyl sites for hydroxylation is 1. The van der Waals surface area contributed by atoms with Gasteiger partial charge in [0, 0.05) is 37.3 Å². The second-order valence-corrected chi connectivity index (χ2v) is 7.72. The molecule has 8 heteroatoms. The van der Waals surface area contributed by atoms with E-state index in [0.717, 1.165) is 54.9 Å². The second-order valence-electron chi connectivity index (χ2n) is 6.83. The van der Waals surface area contributed by atoms with Crippen LogP contribution in [0.1, 0.15) is 29.2 Å². The van der Waals surface area contributed by atoms with E-state index in [0.29, 0.717) is 13.2 Å². The Morgan fingerprint density at radius 1 is 1.39 bits per heavy atom. The van der Waals surface area contributed by atoms with E-state index in [1.165, 1.54) is 0 Å². The summed E-state index contributed by atoms with van der Waals surface area (Å²) >= 11 is 1.55. The van der Waals surface area contributed by atoms with Gasteiger partial charge in [0.15, 0.2) is 0 Å². The molecule has 2 aromatic rings. The van der Waals surface area contributed by atoms with Crippen LogP contribution in [0.4, 0.5) is 4.79 Å². The van der Waals surface area contributed by atoms with Gasteiger partial charge in [0.25, 0.3) is 0 Å². The molecule has 1 fully saturated rings. The van der Waals surface area contributed by atoms with Crippen molar-refractivity contribution in [3.63, 3.8) is 0 Å². The average molecular weight is 405 g/mol. The number of nitrogens with one attached hydrogen (secondary N) is 2. The van der Waals surface area contributed by atoms with Crippen molar-refractivity contribution in [1.29, 1.82) is 0 Å². The largest absolute Gasteiger partial charge is 0.492 e. The van der Waals surface area contributed by atoms with Gasteiger partial charge in [-0.1, -0.05) is 12.1 Å². The van der Waals surface area contributed by atoms with Gasteiger partial charge in [0.05, 0.1) is 19.3 Å². The van der Waals surface area contributed by atoms with Gasteiger partial charge in [0.1, 0.15) is 17.4 Å².